The van der Waals surface area contributed by atoms with Gasteiger partial charge in [-0.15, -0.1) is 0 Å². The normalized spacial score (nSPS) is 30.4. The van der Waals surface area contributed by atoms with Crippen LogP contribution in [0.5, 0.6) is 0 Å². The molecule has 1 fully saturated rings. The predicted octanol–water partition coefficient (Wildman–Crippen LogP) is 2.83. The van der Waals surface area contributed by atoms with E-state index in [9.17, 15) is 0 Å². The number of hydrogen-bond donors (Lipinski definition) is 1. The van der Waals surface area contributed by atoms with Gasteiger partial charge in [-0.05, 0) is 32.2 Å². The summed E-state index contributed by atoms with van der Waals surface area (Å²) in [5, 5.41) is 3.51. The Morgan fingerprint density at radius 1 is 1.40 bits per heavy atom. The first-order valence-corrected chi connectivity index (χ1v) is 6.53. The lowest BCUT2D eigenvalue weighted by Crippen LogP contribution is -2.42. The van der Waals surface area contributed by atoms with E-state index in [0.29, 0.717) is 12.1 Å². The van der Waals surface area contributed by atoms with E-state index in [4.69, 9.17) is 4.74 Å². The molecule has 0 spiro atoms. The van der Waals surface area contributed by atoms with Crippen LogP contribution in [0.4, 0.5) is 0 Å². The van der Waals surface area contributed by atoms with Crippen LogP contribution in [0.25, 0.3) is 0 Å². The van der Waals surface area contributed by atoms with E-state index in [0.717, 1.165) is 24.9 Å². The van der Waals surface area contributed by atoms with Gasteiger partial charge in [-0.1, -0.05) is 27.2 Å². The number of hydrogen-bond acceptors (Lipinski definition) is 2. The van der Waals surface area contributed by atoms with Gasteiger partial charge < -0.3 is 10.1 Å². The highest BCUT2D eigenvalue weighted by molar-refractivity contribution is 4.87. The van der Waals surface area contributed by atoms with E-state index < -0.39 is 0 Å². The molecule has 0 amide bonds. The monoisotopic (exact) mass is 213 g/mol. The lowest BCUT2D eigenvalue weighted by atomic mass is 9.82. The first-order chi connectivity index (χ1) is 7.24. The first-order valence-electron chi connectivity index (χ1n) is 6.53. The van der Waals surface area contributed by atoms with Crippen molar-refractivity contribution in [3.63, 3.8) is 0 Å². The molecule has 2 nitrogen and oxygen atoms in total. The molecular formula is C13H27NO. The number of nitrogens with one attached hydrogen (secondary N) is 1. The van der Waals surface area contributed by atoms with E-state index in [1.165, 1.54) is 19.3 Å². The average molecular weight is 213 g/mol. The van der Waals surface area contributed by atoms with Crippen molar-refractivity contribution in [3.8, 4) is 0 Å². The third-order valence-corrected chi connectivity index (χ3v) is 3.81. The Bertz CT molecular complexity index is 172. The third-order valence-electron chi connectivity index (χ3n) is 3.81. The zero-order chi connectivity index (χ0) is 11.3. The molecule has 4 atom stereocenters. The van der Waals surface area contributed by atoms with Crippen molar-refractivity contribution in [1.82, 2.24) is 5.32 Å². The summed E-state index contributed by atoms with van der Waals surface area (Å²) < 4.78 is 5.79. The zero-order valence-electron chi connectivity index (χ0n) is 10.8. The minimum atomic E-state index is 0.488. The molecule has 0 radical (unpaired) electrons. The van der Waals surface area contributed by atoms with E-state index in [1.807, 2.05) is 0 Å². The highest BCUT2D eigenvalue weighted by atomic mass is 16.5. The van der Waals surface area contributed by atoms with Gasteiger partial charge in [-0.3, -0.25) is 0 Å². The highest BCUT2D eigenvalue weighted by Crippen LogP contribution is 2.30. The molecule has 1 aliphatic heterocycles. The molecule has 0 aromatic rings. The maximum atomic E-state index is 5.79. The fraction of sp³-hybridized carbons (Fsp3) is 1.00. The van der Waals surface area contributed by atoms with Crippen LogP contribution < -0.4 is 5.32 Å². The van der Waals surface area contributed by atoms with Gasteiger partial charge in [0, 0.05) is 18.6 Å². The van der Waals surface area contributed by atoms with Crippen LogP contribution in [0.2, 0.25) is 0 Å². The number of ether oxygens (including phenoxy) is 1. The Kier molecular flexibility index (Phi) is 5.62. The summed E-state index contributed by atoms with van der Waals surface area (Å²) in [6, 6.07) is 0.636. The Balaban J connectivity index is 2.56. The molecule has 90 valence electrons. The molecule has 2 heteroatoms. The molecule has 1 saturated heterocycles. The molecule has 15 heavy (non-hydrogen) atoms. The van der Waals surface area contributed by atoms with Crippen molar-refractivity contribution in [3.05, 3.63) is 0 Å². The zero-order valence-corrected chi connectivity index (χ0v) is 10.8. The molecule has 4 unspecified atom stereocenters. The first kappa shape index (κ1) is 13.0. The SMILES string of the molecule is CCCC(C)C(NC)C1CCOC1CC. The van der Waals surface area contributed by atoms with Gasteiger partial charge in [0.15, 0.2) is 0 Å². The predicted molar refractivity (Wildman–Crippen MR) is 65.1 cm³/mol. The van der Waals surface area contributed by atoms with Crippen LogP contribution in [0.1, 0.15) is 46.5 Å². The minimum Gasteiger partial charge on any atom is -0.378 e. The van der Waals surface area contributed by atoms with Crippen molar-refractivity contribution < 1.29 is 4.74 Å². The maximum Gasteiger partial charge on any atom is 0.0616 e. The Morgan fingerprint density at radius 3 is 2.67 bits per heavy atom. The summed E-state index contributed by atoms with van der Waals surface area (Å²) >= 11 is 0. The largest absolute Gasteiger partial charge is 0.378 e. The second kappa shape index (κ2) is 6.49. The molecule has 0 saturated carbocycles. The van der Waals surface area contributed by atoms with E-state index in [-0.39, 0.29) is 0 Å². The van der Waals surface area contributed by atoms with Crippen molar-refractivity contribution in [1.29, 1.82) is 0 Å². The third kappa shape index (κ3) is 3.18. The van der Waals surface area contributed by atoms with Crippen molar-refractivity contribution in [2.24, 2.45) is 11.8 Å². The Morgan fingerprint density at radius 2 is 2.13 bits per heavy atom. The number of rotatable bonds is 6. The van der Waals surface area contributed by atoms with Gasteiger partial charge in [0.1, 0.15) is 0 Å². The molecule has 1 heterocycles. The average Bonchev–Trinajstić information content (AvgIpc) is 2.67. The van der Waals surface area contributed by atoms with Gasteiger partial charge in [0.25, 0.3) is 0 Å². The van der Waals surface area contributed by atoms with Gasteiger partial charge in [0.2, 0.25) is 0 Å². The smallest absolute Gasteiger partial charge is 0.0616 e. The summed E-state index contributed by atoms with van der Waals surface area (Å²) in [4.78, 5) is 0. The molecule has 1 rings (SSSR count). The summed E-state index contributed by atoms with van der Waals surface area (Å²) in [6.45, 7) is 7.84. The maximum absolute atomic E-state index is 5.79. The van der Waals surface area contributed by atoms with E-state index >= 15 is 0 Å². The lowest BCUT2D eigenvalue weighted by molar-refractivity contribution is 0.0708. The quantitative estimate of drug-likeness (QED) is 0.732. The van der Waals surface area contributed by atoms with Crippen molar-refractivity contribution in [2.45, 2.75) is 58.6 Å². The van der Waals surface area contributed by atoms with E-state index in [2.05, 4.69) is 33.1 Å². The van der Waals surface area contributed by atoms with Crippen LogP contribution in [-0.2, 0) is 4.74 Å². The fourth-order valence-electron chi connectivity index (χ4n) is 3.05. The molecular weight excluding hydrogens is 186 g/mol. The second-order valence-electron chi connectivity index (χ2n) is 4.85. The lowest BCUT2D eigenvalue weighted by Gasteiger charge is -2.31. The molecule has 0 aromatic carbocycles. The minimum absolute atomic E-state index is 0.488. The van der Waals surface area contributed by atoms with Crippen LogP contribution in [-0.4, -0.2) is 25.8 Å². The van der Waals surface area contributed by atoms with E-state index in [1.54, 1.807) is 0 Å². The van der Waals surface area contributed by atoms with Crippen LogP contribution in [0.15, 0.2) is 0 Å². The molecule has 0 aliphatic carbocycles. The second-order valence-corrected chi connectivity index (χ2v) is 4.85. The van der Waals surface area contributed by atoms with Crippen LogP contribution >= 0.6 is 0 Å². The molecule has 1 aliphatic rings. The topological polar surface area (TPSA) is 21.3 Å². The summed E-state index contributed by atoms with van der Waals surface area (Å²) in [5.41, 5.74) is 0. The van der Waals surface area contributed by atoms with Gasteiger partial charge in [-0.25, -0.2) is 0 Å². The molecule has 0 aromatic heterocycles. The molecule has 1 N–H and O–H groups in total. The van der Waals surface area contributed by atoms with Crippen molar-refractivity contribution >= 4 is 0 Å². The fourth-order valence-corrected chi connectivity index (χ4v) is 3.05. The van der Waals surface area contributed by atoms with Gasteiger partial charge in [0.05, 0.1) is 6.10 Å². The van der Waals surface area contributed by atoms with Crippen molar-refractivity contribution in [2.75, 3.05) is 13.7 Å². The highest BCUT2D eigenvalue weighted by Gasteiger charge is 2.34. The van der Waals surface area contributed by atoms with Crippen LogP contribution in [0, 0.1) is 11.8 Å². The molecule has 0 bridgehead atoms. The Labute approximate surface area is 94.8 Å². The van der Waals surface area contributed by atoms with Crippen LogP contribution in [0.3, 0.4) is 0 Å². The Hall–Kier alpha value is -0.0800. The standard InChI is InChI=1S/C13H27NO/c1-5-7-10(3)13(14-4)11-8-9-15-12(11)6-2/h10-14H,5-9H2,1-4H3. The van der Waals surface area contributed by atoms with Gasteiger partial charge in [-0.2, -0.15) is 0 Å². The van der Waals surface area contributed by atoms with Gasteiger partial charge >= 0.3 is 0 Å². The summed E-state index contributed by atoms with van der Waals surface area (Å²) in [7, 11) is 2.10. The summed E-state index contributed by atoms with van der Waals surface area (Å²) in [6.07, 6.45) is 5.48. The summed E-state index contributed by atoms with van der Waals surface area (Å²) in [5.74, 6) is 1.49.